The van der Waals surface area contributed by atoms with Crippen LogP contribution < -0.4 is 5.32 Å². The summed E-state index contributed by atoms with van der Waals surface area (Å²) in [6.45, 7) is 2.70. The van der Waals surface area contributed by atoms with Crippen molar-refractivity contribution in [1.29, 1.82) is 0 Å². The van der Waals surface area contributed by atoms with Crippen molar-refractivity contribution in [3.05, 3.63) is 60.0 Å². The van der Waals surface area contributed by atoms with Gasteiger partial charge in [0.2, 0.25) is 11.8 Å². The summed E-state index contributed by atoms with van der Waals surface area (Å²) in [7, 11) is 0. The maximum Gasteiger partial charge on any atom is 0.238 e. The number of oxazole rings is 1. The number of rotatable bonds is 6. The standard InChI is InChI=1S/C18H17F2N3O2/c1-2-23(11-17-21-14-8-3-4-9-15(14)25-17)10-16(24)22-18-12(19)6-5-7-13(18)20/h3-9H,2,10-11H2,1H3,(H,22,24). The van der Waals surface area contributed by atoms with Crippen LogP contribution in [0.1, 0.15) is 12.8 Å². The lowest BCUT2D eigenvalue weighted by Gasteiger charge is -2.18. The molecule has 7 heteroatoms. The molecule has 1 N–H and O–H groups in total. The third kappa shape index (κ3) is 4.00. The summed E-state index contributed by atoms with van der Waals surface area (Å²) in [6.07, 6.45) is 0. The molecule has 0 aliphatic heterocycles. The molecule has 0 fully saturated rings. The first kappa shape index (κ1) is 17.0. The summed E-state index contributed by atoms with van der Waals surface area (Å²) in [5.41, 5.74) is 0.975. The Labute approximate surface area is 143 Å². The first-order valence-electron chi connectivity index (χ1n) is 7.87. The number of benzene rings is 2. The van der Waals surface area contributed by atoms with E-state index in [4.69, 9.17) is 4.42 Å². The van der Waals surface area contributed by atoms with Gasteiger partial charge in [0.15, 0.2) is 5.58 Å². The van der Waals surface area contributed by atoms with E-state index in [1.807, 2.05) is 31.2 Å². The molecule has 3 rings (SSSR count). The molecule has 5 nitrogen and oxygen atoms in total. The van der Waals surface area contributed by atoms with E-state index in [0.717, 1.165) is 17.6 Å². The number of likely N-dealkylation sites (N-methyl/N-ethyl adjacent to an activating group) is 1. The monoisotopic (exact) mass is 345 g/mol. The normalized spacial score (nSPS) is 11.2. The molecule has 3 aromatic rings. The van der Waals surface area contributed by atoms with Crippen molar-refractivity contribution in [3.8, 4) is 0 Å². The van der Waals surface area contributed by atoms with Gasteiger partial charge in [-0.3, -0.25) is 9.69 Å². The molecule has 0 spiro atoms. The Bertz CT molecular complexity index is 842. The van der Waals surface area contributed by atoms with Crippen molar-refractivity contribution in [2.75, 3.05) is 18.4 Å². The molecule has 130 valence electrons. The highest BCUT2D eigenvalue weighted by atomic mass is 19.1. The highest BCUT2D eigenvalue weighted by molar-refractivity contribution is 5.92. The summed E-state index contributed by atoms with van der Waals surface area (Å²) >= 11 is 0. The smallest absolute Gasteiger partial charge is 0.238 e. The van der Waals surface area contributed by atoms with Crippen LogP contribution in [0.25, 0.3) is 11.1 Å². The summed E-state index contributed by atoms with van der Waals surface area (Å²) in [6, 6.07) is 10.8. The zero-order valence-corrected chi connectivity index (χ0v) is 13.6. The molecule has 0 atom stereocenters. The van der Waals surface area contributed by atoms with Gasteiger partial charge < -0.3 is 9.73 Å². The molecule has 1 amide bonds. The molecule has 0 unspecified atom stereocenters. The minimum Gasteiger partial charge on any atom is -0.439 e. The Kier molecular flexibility index (Phi) is 5.04. The van der Waals surface area contributed by atoms with Crippen molar-refractivity contribution >= 4 is 22.7 Å². The Morgan fingerprint density at radius 1 is 1.16 bits per heavy atom. The summed E-state index contributed by atoms with van der Waals surface area (Å²) in [5, 5.41) is 2.27. The second-order valence-electron chi connectivity index (χ2n) is 5.52. The molecular weight excluding hydrogens is 328 g/mol. The average Bonchev–Trinajstić information content (AvgIpc) is 3.00. The van der Waals surface area contributed by atoms with Crippen LogP contribution in [0.5, 0.6) is 0 Å². The minimum atomic E-state index is -0.810. The van der Waals surface area contributed by atoms with Crippen molar-refractivity contribution in [3.63, 3.8) is 0 Å². The molecule has 0 radical (unpaired) electrons. The van der Waals surface area contributed by atoms with Crippen LogP contribution in [0.3, 0.4) is 0 Å². The number of aromatic nitrogens is 1. The van der Waals surface area contributed by atoms with Crippen LogP contribution in [0.4, 0.5) is 14.5 Å². The van der Waals surface area contributed by atoms with Crippen LogP contribution in [-0.4, -0.2) is 28.9 Å². The van der Waals surface area contributed by atoms with Crippen LogP contribution in [0, 0.1) is 11.6 Å². The lowest BCUT2D eigenvalue weighted by Crippen LogP contribution is -2.33. The lowest BCUT2D eigenvalue weighted by atomic mass is 10.3. The summed E-state index contributed by atoms with van der Waals surface area (Å²) in [5.74, 6) is -1.65. The number of para-hydroxylation sites is 3. The molecule has 25 heavy (non-hydrogen) atoms. The van der Waals surface area contributed by atoms with E-state index in [1.165, 1.54) is 6.07 Å². The highest BCUT2D eigenvalue weighted by Crippen LogP contribution is 2.18. The van der Waals surface area contributed by atoms with Crippen molar-refractivity contribution in [2.45, 2.75) is 13.5 Å². The van der Waals surface area contributed by atoms with Gasteiger partial charge >= 0.3 is 0 Å². The fraction of sp³-hybridized carbons (Fsp3) is 0.222. The maximum absolute atomic E-state index is 13.6. The fourth-order valence-corrected chi connectivity index (χ4v) is 2.46. The predicted octanol–water partition coefficient (Wildman–Crippen LogP) is 3.57. The average molecular weight is 345 g/mol. The van der Waals surface area contributed by atoms with Gasteiger partial charge in [-0.15, -0.1) is 0 Å². The highest BCUT2D eigenvalue weighted by Gasteiger charge is 2.16. The Morgan fingerprint density at radius 3 is 2.56 bits per heavy atom. The van der Waals surface area contributed by atoms with Crippen molar-refractivity contribution < 1.29 is 18.0 Å². The van der Waals surface area contributed by atoms with Gasteiger partial charge in [0.05, 0.1) is 13.1 Å². The zero-order valence-electron chi connectivity index (χ0n) is 13.6. The van der Waals surface area contributed by atoms with E-state index < -0.39 is 23.2 Å². The van der Waals surface area contributed by atoms with E-state index >= 15 is 0 Å². The third-order valence-corrected chi connectivity index (χ3v) is 3.74. The topological polar surface area (TPSA) is 58.4 Å². The number of nitrogens with zero attached hydrogens (tertiary/aromatic N) is 2. The van der Waals surface area contributed by atoms with E-state index in [9.17, 15) is 13.6 Å². The van der Waals surface area contributed by atoms with Crippen LogP contribution in [0.2, 0.25) is 0 Å². The van der Waals surface area contributed by atoms with Crippen LogP contribution in [-0.2, 0) is 11.3 Å². The van der Waals surface area contributed by atoms with Gasteiger partial charge in [-0.05, 0) is 30.8 Å². The second kappa shape index (κ2) is 7.40. The first-order valence-corrected chi connectivity index (χ1v) is 7.87. The van der Waals surface area contributed by atoms with E-state index in [2.05, 4.69) is 10.3 Å². The number of fused-ring (bicyclic) bond motifs is 1. The van der Waals surface area contributed by atoms with Crippen molar-refractivity contribution in [2.24, 2.45) is 0 Å². The number of nitrogens with one attached hydrogen (secondary N) is 1. The number of anilines is 1. The number of carbonyl (C=O) groups excluding carboxylic acids is 1. The minimum absolute atomic E-state index is 0.0387. The van der Waals surface area contributed by atoms with Gasteiger partial charge in [-0.2, -0.15) is 0 Å². The molecule has 0 saturated carbocycles. The molecule has 0 aliphatic rings. The van der Waals surface area contributed by atoms with Crippen LogP contribution in [0.15, 0.2) is 46.9 Å². The van der Waals surface area contributed by atoms with Gasteiger partial charge in [0.25, 0.3) is 0 Å². The van der Waals surface area contributed by atoms with E-state index in [0.29, 0.717) is 24.6 Å². The van der Waals surface area contributed by atoms with Gasteiger partial charge in [-0.1, -0.05) is 25.1 Å². The molecule has 1 heterocycles. The number of hydrogen-bond donors (Lipinski definition) is 1. The molecule has 0 saturated heterocycles. The number of hydrogen-bond acceptors (Lipinski definition) is 4. The maximum atomic E-state index is 13.6. The molecular formula is C18H17F2N3O2. The Hall–Kier alpha value is -2.80. The fourth-order valence-electron chi connectivity index (χ4n) is 2.46. The molecule has 2 aromatic carbocycles. The Morgan fingerprint density at radius 2 is 1.88 bits per heavy atom. The zero-order chi connectivity index (χ0) is 17.8. The first-order chi connectivity index (χ1) is 12.1. The lowest BCUT2D eigenvalue weighted by molar-refractivity contribution is -0.117. The van der Waals surface area contributed by atoms with E-state index in [-0.39, 0.29) is 6.54 Å². The largest absolute Gasteiger partial charge is 0.439 e. The number of carbonyl (C=O) groups is 1. The van der Waals surface area contributed by atoms with Crippen LogP contribution >= 0.6 is 0 Å². The predicted molar refractivity (Wildman–Crippen MR) is 89.9 cm³/mol. The Balaban J connectivity index is 1.66. The molecule has 1 aromatic heterocycles. The van der Waals surface area contributed by atoms with Gasteiger partial charge in [0.1, 0.15) is 22.8 Å². The molecule has 0 aliphatic carbocycles. The molecule has 0 bridgehead atoms. The second-order valence-corrected chi connectivity index (χ2v) is 5.52. The number of halogens is 2. The van der Waals surface area contributed by atoms with Gasteiger partial charge in [0, 0.05) is 0 Å². The van der Waals surface area contributed by atoms with E-state index in [1.54, 1.807) is 4.90 Å². The summed E-state index contributed by atoms with van der Waals surface area (Å²) < 4.78 is 32.8. The number of amides is 1. The quantitative estimate of drug-likeness (QED) is 0.742. The van der Waals surface area contributed by atoms with Crippen molar-refractivity contribution in [1.82, 2.24) is 9.88 Å². The third-order valence-electron chi connectivity index (χ3n) is 3.74. The SMILES string of the molecule is CCN(CC(=O)Nc1c(F)cccc1F)Cc1nc2ccccc2o1. The van der Waals surface area contributed by atoms with Gasteiger partial charge in [-0.25, -0.2) is 13.8 Å². The summed E-state index contributed by atoms with van der Waals surface area (Å²) in [4.78, 5) is 18.2.